The second-order valence-electron chi connectivity index (χ2n) is 10.8. The Morgan fingerprint density at radius 3 is 2.57 bits per heavy atom. The number of piperazine rings is 1. The van der Waals surface area contributed by atoms with Gasteiger partial charge in [0.25, 0.3) is 5.56 Å². The van der Waals surface area contributed by atoms with Gasteiger partial charge in [0.15, 0.2) is 0 Å². The predicted octanol–water partition coefficient (Wildman–Crippen LogP) is 4.56. The van der Waals surface area contributed by atoms with Crippen molar-refractivity contribution in [3.63, 3.8) is 0 Å². The van der Waals surface area contributed by atoms with Crippen molar-refractivity contribution in [3.05, 3.63) is 56.7 Å². The first-order valence-electron chi connectivity index (χ1n) is 12.5. The lowest BCUT2D eigenvalue weighted by Gasteiger charge is -2.36. The van der Waals surface area contributed by atoms with Crippen LogP contribution in [-0.2, 0) is 24.1 Å². The average molecular weight is 497 g/mol. The fourth-order valence-corrected chi connectivity index (χ4v) is 6.65. The van der Waals surface area contributed by atoms with Crippen molar-refractivity contribution in [1.82, 2.24) is 14.9 Å². The van der Waals surface area contributed by atoms with Gasteiger partial charge in [0.1, 0.15) is 16.5 Å². The van der Waals surface area contributed by atoms with Gasteiger partial charge in [-0.25, -0.2) is 9.37 Å². The molecule has 5 rings (SSSR count). The molecule has 1 aliphatic carbocycles. The summed E-state index contributed by atoms with van der Waals surface area (Å²) in [6.07, 6.45) is 3.80. The summed E-state index contributed by atoms with van der Waals surface area (Å²) in [5, 5.41) is 0.754. The molecule has 8 heteroatoms. The minimum atomic E-state index is -0.246. The van der Waals surface area contributed by atoms with Crippen molar-refractivity contribution < 1.29 is 9.18 Å². The van der Waals surface area contributed by atoms with E-state index in [9.17, 15) is 14.0 Å². The lowest BCUT2D eigenvalue weighted by molar-refractivity contribution is -0.131. The van der Waals surface area contributed by atoms with Gasteiger partial charge in [-0.1, -0.05) is 20.8 Å². The van der Waals surface area contributed by atoms with Crippen molar-refractivity contribution >= 4 is 33.1 Å². The molecule has 1 amide bonds. The van der Waals surface area contributed by atoms with E-state index in [4.69, 9.17) is 4.98 Å². The highest BCUT2D eigenvalue weighted by Crippen LogP contribution is 2.42. The number of rotatable bonds is 4. The fourth-order valence-electron chi connectivity index (χ4n) is 5.34. The molecule has 0 radical (unpaired) electrons. The zero-order valence-electron chi connectivity index (χ0n) is 20.7. The molecular weight excluding hydrogens is 463 g/mol. The van der Waals surface area contributed by atoms with Gasteiger partial charge in [-0.3, -0.25) is 9.59 Å². The third-order valence-corrected chi connectivity index (χ3v) is 8.74. The molecular formula is C27H33FN4O2S. The normalized spacial score (nSPS) is 18.7. The standard InChI is InChI=1S/C27H33FN4O2S/c1-27(2,3)17-4-9-20-21(16-17)35-26-24(20)25(34)29-22(30-26)10-11-23(33)32-14-12-31(13-15-32)19-7-5-18(28)6-8-19/h5-8,17H,4,9-16H2,1-3H3,(H,29,30,34)/t17-/m0/s1. The summed E-state index contributed by atoms with van der Waals surface area (Å²) in [6, 6.07) is 6.47. The number of anilines is 1. The van der Waals surface area contributed by atoms with Crippen LogP contribution >= 0.6 is 11.3 Å². The fraction of sp³-hybridized carbons (Fsp3) is 0.519. The number of amides is 1. The molecule has 1 saturated heterocycles. The van der Waals surface area contributed by atoms with Gasteiger partial charge in [-0.05, 0) is 60.4 Å². The number of hydrogen-bond acceptors (Lipinski definition) is 5. The maximum absolute atomic E-state index is 13.2. The van der Waals surface area contributed by atoms with E-state index >= 15 is 0 Å². The Bertz CT molecular complexity index is 1280. The third kappa shape index (κ3) is 4.99. The summed E-state index contributed by atoms with van der Waals surface area (Å²) in [7, 11) is 0. The van der Waals surface area contributed by atoms with Crippen LogP contribution in [0.1, 0.15) is 49.9 Å². The van der Waals surface area contributed by atoms with Crippen LogP contribution < -0.4 is 10.5 Å². The second-order valence-corrected chi connectivity index (χ2v) is 11.9. The molecule has 186 valence electrons. The monoisotopic (exact) mass is 496 g/mol. The summed E-state index contributed by atoms with van der Waals surface area (Å²) in [5.41, 5.74) is 2.34. The highest BCUT2D eigenvalue weighted by Gasteiger charge is 2.31. The molecule has 1 N–H and O–H groups in total. The number of fused-ring (bicyclic) bond motifs is 3. The summed E-state index contributed by atoms with van der Waals surface area (Å²) in [5.74, 6) is 1.03. The van der Waals surface area contributed by atoms with Gasteiger partial charge in [-0.2, -0.15) is 0 Å². The largest absolute Gasteiger partial charge is 0.368 e. The lowest BCUT2D eigenvalue weighted by atomic mass is 9.72. The number of carbonyl (C=O) groups excluding carboxylic acids is 1. The Balaban J connectivity index is 1.21. The smallest absolute Gasteiger partial charge is 0.259 e. The van der Waals surface area contributed by atoms with Gasteiger partial charge in [-0.15, -0.1) is 11.3 Å². The number of benzene rings is 1. The average Bonchev–Trinajstić information content (AvgIpc) is 3.21. The van der Waals surface area contributed by atoms with Gasteiger partial charge in [0, 0.05) is 49.6 Å². The first-order chi connectivity index (χ1) is 16.7. The zero-order chi connectivity index (χ0) is 24.7. The van der Waals surface area contributed by atoms with E-state index in [-0.39, 0.29) is 22.7 Å². The van der Waals surface area contributed by atoms with Gasteiger partial charge >= 0.3 is 0 Å². The Labute approximate surface area is 209 Å². The van der Waals surface area contributed by atoms with Crippen LogP contribution in [0.2, 0.25) is 0 Å². The Morgan fingerprint density at radius 2 is 1.89 bits per heavy atom. The van der Waals surface area contributed by atoms with Gasteiger partial charge in [0.2, 0.25) is 5.91 Å². The highest BCUT2D eigenvalue weighted by atomic mass is 32.1. The molecule has 0 spiro atoms. The quantitative estimate of drug-likeness (QED) is 0.575. The number of aryl methyl sites for hydroxylation is 2. The van der Waals surface area contributed by atoms with E-state index in [0.29, 0.717) is 50.8 Å². The van der Waals surface area contributed by atoms with E-state index in [2.05, 4.69) is 30.7 Å². The Morgan fingerprint density at radius 1 is 1.17 bits per heavy atom. The molecule has 3 aromatic rings. The molecule has 1 aliphatic heterocycles. The van der Waals surface area contributed by atoms with Crippen LogP contribution in [0.4, 0.5) is 10.1 Å². The predicted molar refractivity (Wildman–Crippen MR) is 139 cm³/mol. The number of carbonyl (C=O) groups is 1. The molecule has 6 nitrogen and oxygen atoms in total. The number of nitrogens with zero attached hydrogens (tertiary/aromatic N) is 3. The molecule has 1 aromatic carbocycles. The molecule has 35 heavy (non-hydrogen) atoms. The van der Waals surface area contributed by atoms with Gasteiger partial charge < -0.3 is 14.8 Å². The van der Waals surface area contributed by atoms with E-state index in [0.717, 1.165) is 35.2 Å². The van der Waals surface area contributed by atoms with Crippen molar-refractivity contribution in [2.24, 2.45) is 11.3 Å². The van der Waals surface area contributed by atoms with Crippen LogP contribution in [0.5, 0.6) is 0 Å². The maximum atomic E-state index is 13.2. The van der Waals surface area contributed by atoms with Crippen molar-refractivity contribution in [2.45, 2.75) is 52.9 Å². The summed E-state index contributed by atoms with van der Waals surface area (Å²) < 4.78 is 13.2. The second kappa shape index (κ2) is 9.37. The van der Waals surface area contributed by atoms with Crippen LogP contribution in [0.25, 0.3) is 10.2 Å². The SMILES string of the molecule is CC(C)(C)[C@H]1CCc2c(sc3nc(CCC(=O)N4CCN(c5ccc(F)cc5)CC4)[nH]c(=O)c23)C1. The lowest BCUT2D eigenvalue weighted by Crippen LogP contribution is -2.48. The number of H-pyrrole nitrogens is 1. The first-order valence-corrected chi connectivity index (χ1v) is 13.3. The van der Waals surface area contributed by atoms with Crippen LogP contribution in [0.3, 0.4) is 0 Å². The number of halogens is 1. The topological polar surface area (TPSA) is 69.3 Å². The molecule has 0 unspecified atom stereocenters. The number of nitrogens with one attached hydrogen (secondary N) is 1. The molecule has 0 bridgehead atoms. The van der Waals surface area contributed by atoms with E-state index in [1.807, 2.05) is 4.90 Å². The van der Waals surface area contributed by atoms with Crippen LogP contribution in [0, 0.1) is 17.2 Å². The Hall–Kier alpha value is -2.74. The summed E-state index contributed by atoms with van der Waals surface area (Å²) in [4.78, 5) is 39.6. The minimum absolute atomic E-state index is 0.0722. The van der Waals surface area contributed by atoms with E-state index < -0.39 is 0 Å². The number of thiophene rings is 1. The Kier molecular flexibility index (Phi) is 6.42. The third-order valence-electron chi connectivity index (χ3n) is 7.59. The zero-order valence-corrected chi connectivity index (χ0v) is 21.5. The van der Waals surface area contributed by atoms with Gasteiger partial charge in [0.05, 0.1) is 5.39 Å². The van der Waals surface area contributed by atoms with Crippen molar-refractivity contribution in [3.8, 4) is 0 Å². The van der Waals surface area contributed by atoms with Crippen molar-refractivity contribution in [2.75, 3.05) is 31.1 Å². The van der Waals surface area contributed by atoms with E-state index in [1.54, 1.807) is 23.5 Å². The summed E-state index contributed by atoms with van der Waals surface area (Å²) in [6.45, 7) is 9.57. The molecule has 2 aromatic heterocycles. The van der Waals surface area contributed by atoms with Crippen molar-refractivity contribution in [1.29, 1.82) is 0 Å². The first kappa shape index (κ1) is 24.0. The maximum Gasteiger partial charge on any atom is 0.259 e. The highest BCUT2D eigenvalue weighted by molar-refractivity contribution is 7.18. The number of aromatic nitrogens is 2. The molecule has 0 saturated carbocycles. The summed E-state index contributed by atoms with van der Waals surface area (Å²) >= 11 is 1.65. The minimum Gasteiger partial charge on any atom is -0.368 e. The van der Waals surface area contributed by atoms with Crippen LogP contribution in [-0.4, -0.2) is 47.0 Å². The molecule has 1 fully saturated rings. The molecule has 3 heterocycles. The molecule has 2 aliphatic rings. The number of aromatic amines is 1. The van der Waals surface area contributed by atoms with E-state index in [1.165, 1.54) is 22.6 Å². The van der Waals surface area contributed by atoms with Crippen LogP contribution in [0.15, 0.2) is 29.1 Å². The molecule has 1 atom stereocenters. The number of hydrogen-bond donors (Lipinski definition) is 1.